The Kier molecular flexibility index (Phi) is 4.91. The highest BCUT2D eigenvalue weighted by Crippen LogP contribution is 2.24. The molecule has 0 unspecified atom stereocenters. The van der Waals surface area contributed by atoms with Gasteiger partial charge in [0.1, 0.15) is 12.4 Å². The largest absolute Gasteiger partial charge is 0.489 e. The molecule has 2 aromatic carbocycles. The van der Waals surface area contributed by atoms with Gasteiger partial charge in [-0.15, -0.1) is 0 Å². The summed E-state index contributed by atoms with van der Waals surface area (Å²) in [6.07, 6.45) is 0. The van der Waals surface area contributed by atoms with Gasteiger partial charge in [0.2, 0.25) is 0 Å². The minimum Gasteiger partial charge on any atom is -0.489 e. The van der Waals surface area contributed by atoms with Crippen LogP contribution in [0, 0.1) is 0 Å². The maximum atomic E-state index is 11.6. The summed E-state index contributed by atoms with van der Waals surface area (Å²) in [7, 11) is 0. The lowest BCUT2D eigenvalue weighted by atomic mass is 10.1. The summed E-state index contributed by atoms with van der Waals surface area (Å²) in [5, 5.41) is 3.73. The van der Waals surface area contributed by atoms with E-state index in [-0.39, 0.29) is 5.69 Å². The SMILES string of the molecule is CCOC(=O)c1cc(-c2ccc(OCc3ccccc3)cc2)on1. The van der Waals surface area contributed by atoms with Gasteiger partial charge < -0.3 is 14.0 Å². The van der Waals surface area contributed by atoms with Gasteiger partial charge in [0.25, 0.3) is 0 Å². The topological polar surface area (TPSA) is 61.6 Å². The van der Waals surface area contributed by atoms with E-state index in [1.54, 1.807) is 13.0 Å². The number of hydrogen-bond acceptors (Lipinski definition) is 5. The van der Waals surface area contributed by atoms with E-state index < -0.39 is 5.97 Å². The van der Waals surface area contributed by atoms with Gasteiger partial charge >= 0.3 is 5.97 Å². The Morgan fingerprint density at radius 2 is 1.83 bits per heavy atom. The van der Waals surface area contributed by atoms with Gasteiger partial charge in [0.15, 0.2) is 11.5 Å². The molecule has 0 N–H and O–H groups in total. The van der Waals surface area contributed by atoms with Crippen molar-refractivity contribution in [3.63, 3.8) is 0 Å². The Bertz CT molecular complexity index is 794. The van der Waals surface area contributed by atoms with Crippen LogP contribution in [0.2, 0.25) is 0 Å². The summed E-state index contributed by atoms with van der Waals surface area (Å²) < 4.78 is 15.8. The molecule has 0 fully saturated rings. The smallest absolute Gasteiger partial charge is 0.360 e. The molecule has 0 radical (unpaired) electrons. The summed E-state index contributed by atoms with van der Waals surface area (Å²) in [6, 6.07) is 18.9. The van der Waals surface area contributed by atoms with Gasteiger partial charge in [-0.05, 0) is 36.8 Å². The summed E-state index contributed by atoms with van der Waals surface area (Å²) in [4.78, 5) is 11.6. The zero-order valence-corrected chi connectivity index (χ0v) is 13.3. The van der Waals surface area contributed by atoms with Gasteiger partial charge in [0.05, 0.1) is 6.61 Å². The van der Waals surface area contributed by atoms with Crippen LogP contribution in [0.5, 0.6) is 5.75 Å². The average Bonchev–Trinajstić information content (AvgIpc) is 3.12. The molecule has 5 heteroatoms. The Labute approximate surface area is 139 Å². The van der Waals surface area contributed by atoms with Crippen LogP contribution in [0.15, 0.2) is 65.2 Å². The molecule has 1 aromatic heterocycles. The van der Waals surface area contributed by atoms with Crippen LogP contribution in [0.3, 0.4) is 0 Å². The highest BCUT2D eigenvalue weighted by atomic mass is 16.5. The molecule has 5 nitrogen and oxygen atoms in total. The molecule has 122 valence electrons. The zero-order valence-electron chi connectivity index (χ0n) is 13.3. The minimum absolute atomic E-state index is 0.163. The lowest BCUT2D eigenvalue weighted by Crippen LogP contribution is -2.04. The van der Waals surface area contributed by atoms with Crippen molar-refractivity contribution in [3.8, 4) is 17.1 Å². The Morgan fingerprint density at radius 1 is 1.08 bits per heavy atom. The number of carbonyl (C=O) groups is 1. The third-order valence-corrected chi connectivity index (χ3v) is 3.38. The summed E-state index contributed by atoms with van der Waals surface area (Å²) in [5.41, 5.74) is 2.08. The molecular weight excluding hydrogens is 306 g/mol. The quantitative estimate of drug-likeness (QED) is 0.639. The molecular formula is C19H17NO4. The summed E-state index contributed by atoms with van der Waals surface area (Å²) in [6.45, 7) is 2.55. The standard InChI is InChI=1S/C19H17NO4/c1-2-22-19(21)17-12-18(24-20-17)15-8-10-16(11-9-15)23-13-14-6-4-3-5-7-14/h3-12H,2,13H2,1H3. The number of nitrogens with zero attached hydrogens (tertiary/aromatic N) is 1. The first-order valence-electron chi connectivity index (χ1n) is 7.67. The van der Waals surface area contributed by atoms with Crippen LogP contribution < -0.4 is 4.74 Å². The molecule has 3 aromatic rings. The molecule has 0 saturated carbocycles. The second-order valence-electron chi connectivity index (χ2n) is 5.10. The Hall–Kier alpha value is -3.08. The first kappa shape index (κ1) is 15.8. The van der Waals surface area contributed by atoms with Gasteiger partial charge in [-0.3, -0.25) is 0 Å². The van der Waals surface area contributed by atoms with Crippen LogP contribution in [-0.4, -0.2) is 17.7 Å². The fraction of sp³-hybridized carbons (Fsp3) is 0.158. The molecule has 0 spiro atoms. The lowest BCUT2D eigenvalue weighted by molar-refractivity contribution is 0.0514. The molecule has 0 aliphatic carbocycles. The number of ether oxygens (including phenoxy) is 2. The molecule has 0 bridgehead atoms. The average molecular weight is 323 g/mol. The van der Waals surface area contributed by atoms with Crippen molar-refractivity contribution in [2.45, 2.75) is 13.5 Å². The summed E-state index contributed by atoms with van der Waals surface area (Å²) in [5.74, 6) is 0.774. The monoisotopic (exact) mass is 323 g/mol. The second kappa shape index (κ2) is 7.46. The number of carbonyl (C=O) groups excluding carboxylic acids is 1. The predicted molar refractivity (Wildman–Crippen MR) is 88.7 cm³/mol. The van der Waals surface area contributed by atoms with Crippen molar-refractivity contribution >= 4 is 5.97 Å². The highest BCUT2D eigenvalue weighted by molar-refractivity contribution is 5.88. The Balaban J connectivity index is 1.65. The minimum atomic E-state index is -0.490. The molecule has 0 atom stereocenters. The van der Waals surface area contributed by atoms with E-state index in [1.165, 1.54) is 0 Å². The van der Waals surface area contributed by atoms with E-state index in [9.17, 15) is 4.79 Å². The molecule has 0 aliphatic heterocycles. The van der Waals surface area contributed by atoms with Crippen molar-refractivity contribution in [2.75, 3.05) is 6.61 Å². The van der Waals surface area contributed by atoms with Crippen LogP contribution in [0.25, 0.3) is 11.3 Å². The lowest BCUT2D eigenvalue weighted by Gasteiger charge is -2.06. The van der Waals surface area contributed by atoms with E-state index in [4.69, 9.17) is 14.0 Å². The highest BCUT2D eigenvalue weighted by Gasteiger charge is 2.14. The number of aromatic nitrogens is 1. The number of esters is 1. The third-order valence-electron chi connectivity index (χ3n) is 3.38. The van der Waals surface area contributed by atoms with Gasteiger partial charge in [-0.1, -0.05) is 35.5 Å². The fourth-order valence-electron chi connectivity index (χ4n) is 2.17. The first-order chi connectivity index (χ1) is 11.8. The van der Waals surface area contributed by atoms with E-state index in [0.717, 1.165) is 16.9 Å². The van der Waals surface area contributed by atoms with E-state index in [0.29, 0.717) is 19.0 Å². The molecule has 1 heterocycles. The molecule has 0 saturated heterocycles. The molecule has 0 aliphatic rings. The maximum Gasteiger partial charge on any atom is 0.360 e. The molecule has 3 rings (SSSR count). The van der Waals surface area contributed by atoms with Crippen LogP contribution >= 0.6 is 0 Å². The van der Waals surface area contributed by atoms with Crippen LogP contribution in [0.1, 0.15) is 23.0 Å². The number of benzene rings is 2. The zero-order chi connectivity index (χ0) is 16.8. The maximum absolute atomic E-state index is 11.6. The van der Waals surface area contributed by atoms with Gasteiger partial charge in [-0.25, -0.2) is 4.79 Å². The van der Waals surface area contributed by atoms with Gasteiger partial charge in [-0.2, -0.15) is 0 Å². The van der Waals surface area contributed by atoms with Crippen molar-refractivity contribution in [2.24, 2.45) is 0 Å². The fourth-order valence-corrected chi connectivity index (χ4v) is 2.17. The second-order valence-corrected chi connectivity index (χ2v) is 5.10. The van der Waals surface area contributed by atoms with Crippen molar-refractivity contribution < 1.29 is 18.8 Å². The Morgan fingerprint density at radius 3 is 2.54 bits per heavy atom. The van der Waals surface area contributed by atoms with Crippen LogP contribution in [0.4, 0.5) is 0 Å². The summed E-state index contributed by atoms with van der Waals surface area (Å²) >= 11 is 0. The predicted octanol–water partition coefficient (Wildman–Crippen LogP) is 4.10. The van der Waals surface area contributed by atoms with Crippen LogP contribution in [-0.2, 0) is 11.3 Å². The van der Waals surface area contributed by atoms with Gasteiger partial charge in [0, 0.05) is 11.6 Å². The van der Waals surface area contributed by atoms with E-state index in [2.05, 4.69) is 5.16 Å². The normalized spacial score (nSPS) is 10.4. The van der Waals surface area contributed by atoms with Crippen molar-refractivity contribution in [1.82, 2.24) is 5.16 Å². The number of rotatable bonds is 6. The van der Waals surface area contributed by atoms with Crippen molar-refractivity contribution in [1.29, 1.82) is 0 Å². The van der Waals surface area contributed by atoms with E-state index >= 15 is 0 Å². The number of hydrogen-bond donors (Lipinski definition) is 0. The molecule has 0 amide bonds. The third kappa shape index (κ3) is 3.81. The van der Waals surface area contributed by atoms with Crippen molar-refractivity contribution in [3.05, 3.63) is 71.9 Å². The molecule has 24 heavy (non-hydrogen) atoms. The van der Waals surface area contributed by atoms with E-state index in [1.807, 2.05) is 54.6 Å². The first-order valence-corrected chi connectivity index (χ1v) is 7.67.